The second-order valence-corrected chi connectivity index (χ2v) is 6.88. The van der Waals surface area contributed by atoms with E-state index in [4.69, 9.17) is 9.47 Å². The average Bonchev–Trinajstić information content (AvgIpc) is 2.77. The summed E-state index contributed by atoms with van der Waals surface area (Å²) in [5.74, 6) is 0.552. The van der Waals surface area contributed by atoms with Gasteiger partial charge in [-0.15, -0.1) is 0 Å². The van der Waals surface area contributed by atoms with E-state index in [0.29, 0.717) is 12.2 Å². The molecule has 3 aromatic carbocycles. The number of allylic oxidation sites excluding steroid dienone is 1. The summed E-state index contributed by atoms with van der Waals surface area (Å²) in [7, 11) is 1.41. The van der Waals surface area contributed by atoms with Crippen LogP contribution in [0.3, 0.4) is 0 Å². The first-order chi connectivity index (χ1) is 13.7. The maximum atomic E-state index is 11.8. The molecule has 0 saturated carbocycles. The minimum Gasteiger partial charge on any atom is -0.489 e. The molecule has 1 aliphatic rings. The van der Waals surface area contributed by atoms with Crippen LogP contribution >= 0.6 is 0 Å². The maximum absolute atomic E-state index is 11.8. The number of esters is 1. The van der Waals surface area contributed by atoms with E-state index in [1.54, 1.807) is 0 Å². The molecule has 4 rings (SSSR count). The number of methoxy groups -OCH3 is 1. The van der Waals surface area contributed by atoms with Crippen molar-refractivity contribution in [2.45, 2.75) is 19.4 Å². The Labute approximate surface area is 165 Å². The molecule has 0 aromatic heterocycles. The van der Waals surface area contributed by atoms with Crippen LogP contribution in [0.25, 0.3) is 11.6 Å². The fourth-order valence-electron chi connectivity index (χ4n) is 3.49. The Balaban J connectivity index is 1.56. The van der Waals surface area contributed by atoms with Crippen molar-refractivity contribution in [3.8, 4) is 5.75 Å². The van der Waals surface area contributed by atoms with Gasteiger partial charge < -0.3 is 9.47 Å². The summed E-state index contributed by atoms with van der Waals surface area (Å²) in [4.78, 5) is 11.8. The molecular formula is C25H22O3. The molecule has 0 aliphatic heterocycles. The highest BCUT2D eigenvalue weighted by atomic mass is 16.5. The van der Waals surface area contributed by atoms with Gasteiger partial charge in [0.15, 0.2) is 0 Å². The van der Waals surface area contributed by atoms with Crippen LogP contribution in [0, 0.1) is 0 Å². The van der Waals surface area contributed by atoms with E-state index in [1.165, 1.54) is 18.2 Å². The highest BCUT2D eigenvalue weighted by Gasteiger charge is 2.15. The van der Waals surface area contributed by atoms with Gasteiger partial charge in [-0.05, 0) is 64.9 Å². The van der Waals surface area contributed by atoms with Gasteiger partial charge in [0, 0.05) is 0 Å². The summed E-state index contributed by atoms with van der Waals surface area (Å²) < 4.78 is 10.8. The quantitative estimate of drug-likeness (QED) is 0.553. The molecule has 0 heterocycles. The third kappa shape index (κ3) is 3.99. The molecule has 0 bridgehead atoms. The molecule has 0 spiro atoms. The first-order valence-electron chi connectivity index (χ1n) is 9.42. The van der Waals surface area contributed by atoms with Gasteiger partial charge in [-0.2, -0.15) is 0 Å². The van der Waals surface area contributed by atoms with E-state index in [1.807, 2.05) is 48.5 Å². The predicted molar refractivity (Wildman–Crippen MR) is 111 cm³/mol. The Morgan fingerprint density at radius 1 is 0.929 bits per heavy atom. The zero-order chi connectivity index (χ0) is 19.3. The molecule has 140 valence electrons. The highest BCUT2D eigenvalue weighted by Crippen LogP contribution is 2.32. The summed E-state index contributed by atoms with van der Waals surface area (Å²) in [5.41, 5.74) is 6.47. The van der Waals surface area contributed by atoms with Crippen molar-refractivity contribution in [3.05, 3.63) is 101 Å². The van der Waals surface area contributed by atoms with Crippen LogP contribution in [0.15, 0.2) is 72.8 Å². The first-order valence-corrected chi connectivity index (χ1v) is 9.42. The van der Waals surface area contributed by atoms with Gasteiger partial charge in [0.1, 0.15) is 12.4 Å². The van der Waals surface area contributed by atoms with Crippen molar-refractivity contribution in [3.63, 3.8) is 0 Å². The fraction of sp³-hybridized carbons (Fsp3) is 0.160. The third-order valence-corrected chi connectivity index (χ3v) is 5.01. The zero-order valence-electron chi connectivity index (χ0n) is 15.9. The minimum atomic E-state index is -0.306. The number of rotatable bonds is 5. The molecule has 3 nitrogen and oxygen atoms in total. The van der Waals surface area contributed by atoms with Gasteiger partial charge in [0.25, 0.3) is 0 Å². The number of fused-ring (bicyclic) bond motifs is 1. The standard InChI is InChI=1S/C25H22O3/c1-27-25(26)22-13-11-19-10-12-21(14-23(19)15-22)20-8-5-9-24(16-20)28-17-18-6-3-2-4-7-18/h2-9,11,13-16H,10,12,17H2,1H3. The zero-order valence-corrected chi connectivity index (χ0v) is 15.9. The van der Waals surface area contributed by atoms with Crippen molar-refractivity contribution in [2.75, 3.05) is 7.11 Å². The monoisotopic (exact) mass is 370 g/mol. The van der Waals surface area contributed by atoms with E-state index < -0.39 is 0 Å². The van der Waals surface area contributed by atoms with Crippen LogP contribution in [0.2, 0.25) is 0 Å². The smallest absolute Gasteiger partial charge is 0.337 e. The third-order valence-electron chi connectivity index (χ3n) is 5.01. The normalized spacial score (nSPS) is 12.7. The minimum absolute atomic E-state index is 0.306. The summed E-state index contributed by atoms with van der Waals surface area (Å²) in [5, 5.41) is 0. The van der Waals surface area contributed by atoms with Gasteiger partial charge in [0.05, 0.1) is 12.7 Å². The predicted octanol–water partition coefficient (Wildman–Crippen LogP) is 5.54. The Hall–Kier alpha value is -3.33. The largest absolute Gasteiger partial charge is 0.489 e. The van der Waals surface area contributed by atoms with Crippen LogP contribution in [0.5, 0.6) is 5.75 Å². The van der Waals surface area contributed by atoms with Crippen LogP contribution in [-0.2, 0) is 17.8 Å². The number of carbonyl (C=O) groups excluding carboxylic acids is 1. The molecule has 0 fully saturated rings. The number of aryl methyl sites for hydroxylation is 1. The summed E-state index contributed by atoms with van der Waals surface area (Å²) in [6.45, 7) is 0.550. The number of hydrogen-bond donors (Lipinski definition) is 0. The molecule has 0 N–H and O–H groups in total. The molecule has 3 heteroatoms. The van der Waals surface area contributed by atoms with E-state index in [2.05, 4.69) is 30.3 Å². The van der Waals surface area contributed by atoms with Gasteiger partial charge in [0.2, 0.25) is 0 Å². The number of ether oxygens (including phenoxy) is 2. The van der Waals surface area contributed by atoms with E-state index in [9.17, 15) is 4.79 Å². The lowest BCUT2D eigenvalue weighted by Gasteiger charge is -2.18. The molecule has 0 radical (unpaired) electrons. The van der Waals surface area contributed by atoms with Crippen molar-refractivity contribution in [1.29, 1.82) is 0 Å². The molecule has 0 unspecified atom stereocenters. The molecule has 0 amide bonds. The van der Waals surface area contributed by atoms with Gasteiger partial charge >= 0.3 is 5.97 Å². The topological polar surface area (TPSA) is 35.5 Å². The molecule has 3 aromatic rings. The fourth-order valence-corrected chi connectivity index (χ4v) is 3.49. The number of hydrogen-bond acceptors (Lipinski definition) is 3. The van der Waals surface area contributed by atoms with Gasteiger partial charge in [-0.1, -0.05) is 54.6 Å². The Morgan fingerprint density at radius 2 is 1.79 bits per heavy atom. The van der Waals surface area contributed by atoms with E-state index in [-0.39, 0.29) is 5.97 Å². The first kappa shape index (κ1) is 18.1. The Bertz CT molecular complexity index is 1020. The van der Waals surface area contributed by atoms with Crippen LogP contribution < -0.4 is 4.74 Å². The van der Waals surface area contributed by atoms with Crippen molar-refractivity contribution in [2.24, 2.45) is 0 Å². The van der Waals surface area contributed by atoms with Crippen LogP contribution in [0.1, 0.15) is 39.0 Å². The summed E-state index contributed by atoms with van der Waals surface area (Å²) in [6, 6.07) is 24.1. The van der Waals surface area contributed by atoms with E-state index in [0.717, 1.165) is 35.3 Å². The van der Waals surface area contributed by atoms with Crippen molar-refractivity contribution >= 4 is 17.6 Å². The van der Waals surface area contributed by atoms with Crippen LogP contribution in [-0.4, -0.2) is 13.1 Å². The Morgan fingerprint density at radius 3 is 2.61 bits per heavy atom. The molecule has 0 saturated heterocycles. The lowest BCUT2D eigenvalue weighted by atomic mass is 9.88. The molecular weight excluding hydrogens is 348 g/mol. The lowest BCUT2D eigenvalue weighted by molar-refractivity contribution is 0.0600. The van der Waals surface area contributed by atoms with Gasteiger partial charge in [-0.3, -0.25) is 0 Å². The molecule has 28 heavy (non-hydrogen) atoms. The SMILES string of the molecule is COC(=O)c1ccc2c(c1)C=C(c1cccc(OCc3ccccc3)c1)CC2. The van der Waals surface area contributed by atoms with Crippen molar-refractivity contribution < 1.29 is 14.3 Å². The second-order valence-electron chi connectivity index (χ2n) is 6.88. The van der Waals surface area contributed by atoms with E-state index >= 15 is 0 Å². The molecule has 0 atom stereocenters. The highest BCUT2D eigenvalue weighted by molar-refractivity contribution is 5.92. The average molecular weight is 370 g/mol. The molecule has 1 aliphatic carbocycles. The van der Waals surface area contributed by atoms with Crippen LogP contribution in [0.4, 0.5) is 0 Å². The summed E-state index contributed by atoms with van der Waals surface area (Å²) in [6.07, 6.45) is 4.09. The lowest BCUT2D eigenvalue weighted by Crippen LogP contribution is -2.05. The number of carbonyl (C=O) groups is 1. The Kier molecular flexibility index (Phi) is 5.24. The van der Waals surface area contributed by atoms with Crippen molar-refractivity contribution in [1.82, 2.24) is 0 Å². The second kappa shape index (κ2) is 8.13. The summed E-state index contributed by atoms with van der Waals surface area (Å²) >= 11 is 0. The maximum Gasteiger partial charge on any atom is 0.337 e. The number of benzene rings is 3. The van der Waals surface area contributed by atoms with Gasteiger partial charge in [-0.25, -0.2) is 4.79 Å².